The first-order valence-electron chi connectivity index (χ1n) is 6.31. The van der Waals surface area contributed by atoms with Gasteiger partial charge in [-0.15, -0.1) is 0 Å². The van der Waals surface area contributed by atoms with Crippen molar-refractivity contribution in [3.63, 3.8) is 0 Å². The van der Waals surface area contributed by atoms with Crippen LogP contribution < -0.4 is 5.32 Å². The van der Waals surface area contributed by atoms with Crippen molar-refractivity contribution in [3.8, 4) is 0 Å². The Hall–Kier alpha value is 0.270. The van der Waals surface area contributed by atoms with E-state index in [0.717, 1.165) is 30.4 Å². The molecule has 2 aliphatic rings. The lowest BCUT2D eigenvalue weighted by atomic mass is 10.1. The van der Waals surface area contributed by atoms with Crippen molar-refractivity contribution >= 4 is 11.8 Å². The van der Waals surface area contributed by atoms with Crippen LogP contribution in [0.4, 0.5) is 0 Å². The lowest BCUT2D eigenvalue weighted by Crippen LogP contribution is -2.32. The minimum atomic E-state index is 0.780. The molecular weight excluding hydrogens is 206 g/mol. The molecule has 15 heavy (non-hydrogen) atoms. The highest BCUT2D eigenvalue weighted by atomic mass is 32.2. The molecule has 0 bridgehead atoms. The van der Waals surface area contributed by atoms with Gasteiger partial charge >= 0.3 is 0 Å². The Morgan fingerprint density at radius 1 is 1.33 bits per heavy atom. The monoisotopic (exact) mass is 229 g/mol. The van der Waals surface area contributed by atoms with Crippen LogP contribution in [0, 0.1) is 5.92 Å². The first kappa shape index (κ1) is 11.7. The Balaban J connectivity index is 1.59. The highest BCUT2D eigenvalue weighted by Crippen LogP contribution is 2.29. The summed E-state index contributed by atoms with van der Waals surface area (Å²) in [5, 5.41) is 4.64. The third-order valence-electron chi connectivity index (χ3n) is 3.51. The van der Waals surface area contributed by atoms with Crippen molar-refractivity contribution in [1.29, 1.82) is 0 Å². The van der Waals surface area contributed by atoms with E-state index in [-0.39, 0.29) is 0 Å². The van der Waals surface area contributed by atoms with Gasteiger partial charge in [0.2, 0.25) is 0 Å². The smallest absolute Gasteiger partial charge is 0.0507 e. The van der Waals surface area contributed by atoms with Gasteiger partial charge in [0, 0.05) is 24.4 Å². The van der Waals surface area contributed by atoms with Crippen LogP contribution in [0.5, 0.6) is 0 Å². The molecule has 1 saturated heterocycles. The maximum absolute atomic E-state index is 5.39. The van der Waals surface area contributed by atoms with Crippen LogP contribution in [-0.4, -0.2) is 36.8 Å². The normalized spacial score (nSPS) is 36.2. The number of ether oxygens (including phenoxy) is 1. The fraction of sp³-hybridized carbons (Fsp3) is 1.00. The summed E-state index contributed by atoms with van der Waals surface area (Å²) in [5.74, 6) is 2.05. The van der Waals surface area contributed by atoms with E-state index in [0.29, 0.717) is 0 Å². The van der Waals surface area contributed by atoms with E-state index in [4.69, 9.17) is 4.74 Å². The summed E-state index contributed by atoms with van der Waals surface area (Å²) in [4.78, 5) is 0. The van der Waals surface area contributed by atoms with E-state index in [1.165, 1.54) is 38.0 Å². The molecule has 0 aromatic carbocycles. The van der Waals surface area contributed by atoms with Gasteiger partial charge in [0.15, 0.2) is 0 Å². The predicted octanol–water partition coefficient (Wildman–Crippen LogP) is 2.29. The molecule has 1 N–H and O–H groups in total. The Kier molecular flexibility index (Phi) is 4.79. The number of hydrogen-bond donors (Lipinski definition) is 1. The third kappa shape index (κ3) is 3.65. The molecule has 3 unspecified atom stereocenters. The Morgan fingerprint density at radius 3 is 3.00 bits per heavy atom. The summed E-state index contributed by atoms with van der Waals surface area (Å²) in [6, 6.07) is 0.787. The largest absolute Gasteiger partial charge is 0.381 e. The van der Waals surface area contributed by atoms with E-state index in [1.54, 1.807) is 0 Å². The van der Waals surface area contributed by atoms with Crippen LogP contribution in [-0.2, 0) is 4.74 Å². The van der Waals surface area contributed by atoms with Crippen LogP contribution >= 0.6 is 11.8 Å². The number of hydrogen-bond acceptors (Lipinski definition) is 3. The molecule has 2 nitrogen and oxygen atoms in total. The van der Waals surface area contributed by atoms with Crippen molar-refractivity contribution in [1.82, 2.24) is 5.32 Å². The van der Waals surface area contributed by atoms with Gasteiger partial charge in [-0.2, -0.15) is 11.8 Å². The average molecular weight is 229 g/mol. The highest BCUT2D eigenvalue weighted by Gasteiger charge is 2.25. The molecule has 2 fully saturated rings. The van der Waals surface area contributed by atoms with Crippen molar-refractivity contribution in [2.75, 3.05) is 25.5 Å². The fourth-order valence-electron chi connectivity index (χ4n) is 2.59. The topological polar surface area (TPSA) is 21.3 Å². The summed E-state index contributed by atoms with van der Waals surface area (Å²) in [6.45, 7) is 5.40. The number of rotatable bonds is 5. The molecule has 1 saturated carbocycles. The third-order valence-corrected chi connectivity index (χ3v) is 4.74. The summed E-state index contributed by atoms with van der Waals surface area (Å²) in [7, 11) is 0. The van der Waals surface area contributed by atoms with Gasteiger partial charge in [-0.3, -0.25) is 0 Å². The quantitative estimate of drug-likeness (QED) is 0.781. The van der Waals surface area contributed by atoms with Crippen molar-refractivity contribution in [2.24, 2.45) is 5.92 Å². The molecular formula is C12H23NOS. The van der Waals surface area contributed by atoms with E-state index < -0.39 is 0 Å². The minimum Gasteiger partial charge on any atom is -0.381 e. The summed E-state index contributed by atoms with van der Waals surface area (Å²) in [5.41, 5.74) is 0. The van der Waals surface area contributed by atoms with Crippen LogP contribution in [0.3, 0.4) is 0 Å². The van der Waals surface area contributed by atoms with E-state index in [9.17, 15) is 0 Å². The highest BCUT2D eigenvalue weighted by molar-refractivity contribution is 7.99. The van der Waals surface area contributed by atoms with Crippen molar-refractivity contribution in [3.05, 3.63) is 0 Å². The zero-order chi connectivity index (χ0) is 10.5. The van der Waals surface area contributed by atoms with Crippen LogP contribution in [0.1, 0.15) is 32.6 Å². The molecule has 1 aliphatic carbocycles. The van der Waals surface area contributed by atoms with Crippen LogP contribution in [0.25, 0.3) is 0 Å². The van der Waals surface area contributed by atoms with Gasteiger partial charge in [-0.05, 0) is 37.4 Å². The Bertz CT molecular complexity index is 182. The zero-order valence-corrected chi connectivity index (χ0v) is 10.5. The second kappa shape index (κ2) is 6.12. The van der Waals surface area contributed by atoms with Crippen molar-refractivity contribution < 1.29 is 4.74 Å². The maximum atomic E-state index is 5.39. The molecule has 3 atom stereocenters. The van der Waals surface area contributed by atoms with Gasteiger partial charge in [-0.1, -0.05) is 6.92 Å². The SMILES string of the molecule is CCSC1CCC(NCC2CCOC2)C1. The average Bonchev–Trinajstić information content (AvgIpc) is 2.85. The predicted molar refractivity (Wildman–Crippen MR) is 66.5 cm³/mol. The zero-order valence-electron chi connectivity index (χ0n) is 9.71. The van der Waals surface area contributed by atoms with Crippen molar-refractivity contribution in [2.45, 2.75) is 43.9 Å². The lowest BCUT2D eigenvalue weighted by molar-refractivity contribution is 0.184. The van der Waals surface area contributed by atoms with Crippen LogP contribution in [0.15, 0.2) is 0 Å². The molecule has 3 heteroatoms. The number of nitrogens with one attached hydrogen (secondary N) is 1. The minimum absolute atomic E-state index is 0.780. The first-order chi connectivity index (χ1) is 7.38. The second-order valence-corrected chi connectivity index (χ2v) is 6.30. The fourth-order valence-corrected chi connectivity index (χ4v) is 3.73. The lowest BCUT2D eigenvalue weighted by Gasteiger charge is -2.15. The number of thioether (sulfide) groups is 1. The van der Waals surface area contributed by atoms with E-state index >= 15 is 0 Å². The molecule has 0 aromatic rings. The summed E-state index contributed by atoms with van der Waals surface area (Å²) < 4.78 is 5.39. The first-order valence-corrected chi connectivity index (χ1v) is 7.36. The van der Waals surface area contributed by atoms with E-state index in [1.807, 2.05) is 0 Å². The molecule has 0 aromatic heterocycles. The standard InChI is InChI=1S/C12H23NOS/c1-2-15-12-4-3-11(7-12)13-8-10-5-6-14-9-10/h10-13H,2-9H2,1H3. The molecule has 0 amide bonds. The maximum Gasteiger partial charge on any atom is 0.0507 e. The van der Waals surface area contributed by atoms with Crippen LogP contribution in [0.2, 0.25) is 0 Å². The molecule has 88 valence electrons. The van der Waals surface area contributed by atoms with Gasteiger partial charge in [-0.25, -0.2) is 0 Å². The van der Waals surface area contributed by atoms with Gasteiger partial charge in [0.1, 0.15) is 0 Å². The Morgan fingerprint density at radius 2 is 2.27 bits per heavy atom. The molecule has 1 heterocycles. The van der Waals surface area contributed by atoms with Gasteiger partial charge < -0.3 is 10.1 Å². The van der Waals surface area contributed by atoms with Gasteiger partial charge in [0.05, 0.1) is 6.61 Å². The molecule has 2 rings (SSSR count). The molecule has 0 radical (unpaired) electrons. The molecule has 0 spiro atoms. The Labute approximate surface area is 97.5 Å². The van der Waals surface area contributed by atoms with Gasteiger partial charge in [0.25, 0.3) is 0 Å². The summed E-state index contributed by atoms with van der Waals surface area (Å²) >= 11 is 2.14. The second-order valence-electron chi connectivity index (χ2n) is 4.73. The summed E-state index contributed by atoms with van der Waals surface area (Å²) in [6.07, 6.45) is 5.43. The molecule has 1 aliphatic heterocycles. The van der Waals surface area contributed by atoms with E-state index in [2.05, 4.69) is 24.0 Å².